The number of carbonyl (C=O) groups is 3. The SMILES string of the molecule is COC(=O)C1CC[NH+]([C@H](C)C(=O)N2CCNC2=O)CC1. The van der Waals surface area contributed by atoms with E-state index in [1.807, 2.05) is 6.92 Å². The Kier molecular flexibility index (Phi) is 4.59. The minimum Gasteiger partial charge on any atom is -0.469 e. The summed E-state index contributed by atoms with van der Waals surface area (Å²) in [6.07, 6.45) is 1.46. The van der Waals surface area contributed by atoms with E-state index < -0.39 is 0 Å². The molecule has 2 N–H and O–H groups in total. The van der Waals surface area contributed by atoms with Crippen LogP contribution in [0, 0.1) is 5.92 Å². The summed E-state index contributed by atoms with van der Waals surface area (Å²) in [7, 11) is 1.40. The van der Waals surface area contributed by atoms with Crippen molar-refractivity contribution >= 4 is 17.9 Å². The van der Waals surface area contributed by atoms with Gasteiger partial charge in [-0.15, -0.1) is 0 Å². The van der Waals surface area contributed by atoms with Gasteiger partial charge in [0.15, 0.2) is 6.04 Å². The van der Waals surface area contributed by atoms with E-state index >= 15 is 0 Å². The third kappa shape index (κ3) is 2.92. The minimum atomic E-state index is -0.300. The summed E-state index contributed by atoms with van der Waals surface area (Å²) in [6.45, 7) is 4.32. The number of nitrogens with one attached hydrogen (secondary N) is 2. The maximum atomic E-state index is 12.3. The molecule has 0 aromatic heterocycles. The van der Waals surface area contributed by atoms with E-state index in [9.17, 15) is 14.4 Å². The summed E-state index contributed by atoms with van der Waals surface area (Å²) < 4.78 is 4.75. The Morgan fingerprint density at radius 1 is 1.40 bits per heavy atom. The minimum absolute atomic E-state index is 0.0545. The molecular formula is C13H22N3O4+. The molecule has 2 fully saturated rings. The number of likely N-dealkylation sites (tertiary alicyclic amines) is 1. The van der Waals surface area contributed by atoms with Crippen LogP contribution in [0.1, 0.15) is 19.8 Å². The van der Waals surface area contributed by atoms with Crippen LogP contribution < -0.4 is 10.2 Å². The van der Waals surface area contributed by atoms with Crippen LogP contribution in [0.2, 0.25) is 0 Å². The average molecular weight is 284 g/mol. The smallest absolute Gasteiger partial charge is 0.324 e. The van der Waals surface area contributed by atoms with Gasteiger partial charge in [0.25, 0.3) is 5.91 Å². The second-order valence-corrected chi connectivity index (χ2v) is 5.40. The lowest BCUT2D eigenvalue weighted by Crippen LogP contribution is -3.17. The zero-order valence-electron chi connectivity index (χ0n) is 12.0. The van der Waals surface area contributed by atoms with Crippen LogP contribution >= 0.6 is 0 Å². The molecule has 2 aliphatic rings. The van der Waals surface area contributed by atoms with Crippen molar-refractivity contribution in [1.29, 1.82) is 0 Å². The molecule has 2 heterocycles. The molecule has 0 bridgehead atoms. The van der Waals surface area contributed by atoms with Gasteiger partial charge in [0, 0.05) is 25.9 Å². The molecule has 0 radical (unpaired) electrons. The van der Waals surface area contributed by atoms with Gasteiger partial charge in [0.05, 0.1) is 26.1 Å². The first-order chi connectivity index (χ1) is 9.54. The van der Waals surface area contributed by atoms with Crippen LogP contribution in [0.25, 0.3) is 0 Å². The van der Waals surface area contributed by atoms with Gasteiger partial charge in [-0.3, -0.25) is 14.5 Å². The van der Waals surface area contributed by atoms with Crippen LogP contribution in [0.4, 0.5) is 4.79 Å². The second-order valence-electron chi connectivity index (χ2n) is 5.40. The lowest BCUT2D eigenvalue weighted by atomic mass is 9.96. The van der Waals surface area contributed by atoms with Crippen molar-refractivity contribution in [1.82, 2.24) is 10.2 Å². The van der Waals surface area contributed by atoms with E-state index in [-0.39, 0.29) is 29.9 Å². The molecule has 2 saturated heterocycles. The van der Waals surface area contributed by atoms with Crippen molar-refractivity contribution in [3.8, 4) is 0 Å². The van der Waals surface area contributed by atoms with Crippen LogP contribution in [0.5, 0.6) is 0 Å². The fourth-order valence-corrected chi connectivity index (χ4v) is 2.91. The molecule has 3 amide bonds. The molecule has 20 heavy (non-hydrogen) atoms. The highest BCUT2D eigenvalue weighted by molar-refractivity contribution is 5.97. The van der Waals surface area contributed by atoms with Crippen molar-refractivity contribution in [3.05, 3.63) is 0 Å². The summed E-state index contributed by atoms with van der Waals surface area (Å²) in [5, 5.41) is 2.63. The molecule has 7 nitrogen and oxygen atoms in total. The first-order valence-electron chi connectivity index (χ1n) is 7.06. The third-order valence-electron chi connectivity index (χ3n) is 4.27. The van der Waals surface area contributed by atoms with E-state index in [0.29, 0.717) is 13.1 Å². The summed E-state index contributed by atoms with van der Waals surface area (Å²) in [4.78, 5) is 37.7. The Hall–Kier alpha value is -1.63. The number of esters is 1. The van der Waals surface area contributed by atoms with Gasteiger partial charge in [-0.05, 0) is 6.92 Å². The highest BCUT2D eigenvalue weighted by Gasteiger charge is 2.37. The average Bonchev–Trinajstić information content (AvgIpc) is 2.91. The van der Waals surface area contributed by atoms with E-state index in [4.69, 9.17) is 4.74 Å². The summed E-state index contributed by atoms with van der Waals surface area (Å²) in [6, 6.07) is -0.553. The predicted molar refractivity (Wildman–Crippen MR) is 70.0 cm³/mol. The van der Waals surface area contributed by atoms with Gasteiger partial charge in [0.1, 0.15) is 0 Å². The molecule has 112 valence electrons. The molecule has 7 heteroatoms. The van der Waals surface area contributed by atoms with E-state index in [0.717, 1.165) is 30.8 Å². The largest absolute Gasteiger partial charge is 0.469 e. The molecule has 2 rings (SSSR count). The van der Waals surface area contributed by atoms with Gasteiger partial charge in [-0.2, -0.15) is 0 Å². The lowest BCUT2D eigenvalue weighted by Gasteiger charge is -2.32. The zero-order valence-corrected chi connectivity index (χ0v) is 12.0. The molecule has 0 saturated carbocycles. The fourth-order valence-electron chi connectivity index (χ4n) is 2.91. The van der Waals surface area contributed by atoms with Crippen LogP contribution in [0.15, 0.2) is 0 Å². The summed E-state index contributed by atoms with van der Waals surface area (Å²) >= 11 is 0. The van der Waals surface area contributed by atoms with E-state index in [1.165, 1.54) is 12.0 Å². The van der Waals surface area contributed by atoms with Crippen molar-refractivity contribution in [2.45, 2.75) is 25.8 Å². The molecule has 0 unspecified atom stereocenters. The topological polar surface area (TPSA) is 80.2 Å². The predicted octanol–water partition coefficient (Wildman–Crippen LogP) is -1.61. The number of hydrogen-bond donors (Lipinski definition) is 2. The third-order valence-corrected chi connectivity index (χ3v) is 4.27. The van der Waals surface area contributed by atoms with Gasteiger partial charge in [-0.1, -0.05) is 0 Å². The number of urea groups is 1. The van der Waals surface area contributed by atoms with Crippen molar-refractivity contribution in [3.63, 3.8) is 0 Å². The number of nitrogens with zero attached hydrogens (tertiary/aromatic N) is 1. The van der Waals surface area contributed by atoms with Crippen LogP contribution in [-0.2, 0) is 14.3 Å². The van der Waals surface area contributed by atoms with Gasteiger partial charge >= 0.3 is 12.0 Å². The highest BCUT2D eigenvalue weighted by atomic mass is 16.5. The quantitative estimate of drug-likeness (QED) is 0.611. The molecule has 0 aliphatic carbocycles. The molecule has 1 atom stereocenters. The zero-order chi connectivity index (χ0) is 14.7. The van der Waals surface area contributed by atoms with Crippen LogP contribution in [-0.4, -0.2) is 62.1 Å². The van der Waals surface area contributed by atoms with Gasteiger partial charge < -0.3 is 15.0 Å². The Bertz CT molecular complexity index is 404. The van der Waals surface area contributed by atoms with Crippen molar-refractivity contribution in [2.75, 3.05) is 33.3 Å². The van der Waals surface area contributed by atoms with Crippen molar-refractivity contribution < 1.29 is 24.0 Å². The fraction of sp³-hybridized carbons (Fsp3) is 0.769. The van der Waals surface area contributed by atoms with E-state index in [2.05, 4.69) is 5.32 Å². The Labute approximate surface area is 118 Å². The number of piperidine rings is 1. The molecule has 2 aliphatic heterocycles. The number of ether oxygens (including phenoxy) is 1. The molecule has 0 aromatic carbocycles. The number of imide groups is 1. The van der Waals surface area contributed by atoms with E-state index in [1.54, 1.807) is 0 Å². The van der Waals surface area contributed by atoms with Crippen molar-refractivity contribution in [2.24, 2.45) is 5.92 Å². The molecule has 0 aromatic rings. The monoisotopic (exact) mass is 284 g/mol. The first kappa shape index (κ1) is 14.8. The summed E-state index contributed by atoms with van der Waals surface area (Å²) in [5.74, 6) is -0.352. The Morgan fingerprint density at radius 2 is 2.05 bits per heavy atom. The number of methoxy groups -OCH3 is 1. The molecular weight excluding hydrogens is 262 g/mol. The Morgan fingerprint density at radius 3 is 2.55 bits per heavy atom. The maximum Gasteiger partial charge on any atom is 0.324 e. The number of rotatable bonds is 3. The number of amides is 3. The highest BCUT2D eigenvalue weighted by Crippen LogP contribution is 2.11. The summed E-state index contributed by atoms with van der Waals surface area (Å²) in [5.41, 5.74) is 0. The Balaban J connectivity index is 1.88. The number of carbonyl (C=O) groups excluding carboxylic acids is 3. The number of quaternary nitrogens is 1. The van der Waals surface area contributed by atoms with Gasteiger partial charge in [-0.25, -0.2) is 4.79 Å². The normalized spacial score (nSPS) is 27.9. The lowest BCUT2D eigenvalue weighted by molar-refractivity contribution is -0.920. The van der Waals surface area contributed by atoms with Gasteiger partial charge in [0.2, 0.25) is 0 Å². The second kappa shape index (κ2) is 6.21. The first-order valence-corrected chi connectivity index (χ1v) is 7.06. The standard InChI is InChI=1S/C13H21N3O4/c1-9(11(17)16-8-5-14-13(16)19)15-6-3-10(4-7-15)12(18)20-2/h9-10H,3-8H2,1-2H3,(H,14,19)/p+1/t9-/m1/s1. The van der Waals surface area contributed by atoms with Crippen LogP contribution in [0.3, 0.4) is 0 Å². The number of hydrogen-bond acceptors (Lipinski definition) is 4. The maximum absolute atomic E-state index is 12.3. The molecule has 0 spiro atoms.